The Labute approximate surface area is 85.8 Å². The van der Waals surface area contributed by atoms with Crippen LogP contribution in [-0.4, -0.2) is 33.1 Å². The summed E-state index contributed by atoms with van der Waals surface area (Å²) >= 11 is 0. The van der Waals surface area contributed by atoms with Crippen molar-refractivity contribution in [3.05, 3.63) is 0 Å². The van der Waals surface area contributed by atoms with Crippen molar-refractivity contribution >= 4 is 10.2 Å². The second-order valence-corrected chi connectivity index (χ2v) is 6.11. The summed E-state index contributed by atoms with van der Waals surface area (Å²) in [6.07, 6.45) is 0.852. The summed E-state index contributed by atoms with van der Waals surface area (Å²) in [6, 6.07) is 0.0230. The summed E-state index contributed by atoms with van der Waals surface area (Å²) in [4.78, 5) is 0. The van der Waals surface area contributed by atoms with Crippen molar-refractivity contribution in [1.82, 2.24) is 14.8 Å². The molecule has 0 spiro atoms. The summed E-state index contributed by atoms with van der Waals surface area (Å²) in [6.45, 7) is 7.05. The molecule has 0 unspecified atom stereocenters. The standard InChI is InChI=1S/C8H19N3O2S/c1-8(2,3)11-14(12,13)10-7-4-5-9-6-7/h7,9-11H,4-6H2,1-3H3/t7-/m1/s1. The maximum atomic E-state index is 11.6. The Bertz CT molecular complexity index is 275. The van der Waals surface area contributed by atoms with E-state index in [-0.39, 0.29) is 6.04 Å². The fourth-order valence-corrected chi connectivity index (χ4v) is 2.91. The SMILES string of the molecule is CC(C)(C)NS(=O)(=O)N[C@@H]1CCNC1. The Kier molecular flexibility index (Phi) is 3.52. The van der Waals surface area contributed by atoms with Crippen LogP contribution in [0, 0.1) is 0 Å². The smallest absolute Gasteiger partial charge is 0.277 e. The van der Waals surface area contributed by atoms with Gasteiger partial charge in [0.05, 0.1) is 0 Å². The van der Waals surface area contributed by atoms with E-state index in [0.29, 0.717) is 6.54 Å². The highest BCUT2D eigenvalue weighted by molar-refractivity contribution is 7.87. The maximum absolute atomic E-state index is 11.6. The van der Waals surface area contributed by atoms with Gasteiger partial charge in [-0.05, 0) is 33.7 Å². The largest absolute Gasteiger partial charge is 0.315 e. The molecule has 5 nitrogen and oxygen atoms in total. The Balaban J connectivity index is 2.49. The van der Waals surface area contributed by atoms with Gasteiger partial charge in [0.25, 0.3) is 10.2 Å². The minimum atomic E-state index is -3.36. The van der Waals surface area contributed by atoms with Gasteiger partial charge in [-0.15, -0.1) is 0 Å². The first kappa shape index (κ1) is 11.9. The van der Waals surface area contributed by atoms with Gasteiger partial charge in [0, 0.05) is 18.1 Å². The molecule has 0 aromatic heterocycles. The first-order valence-corrected chi connectivity index (χ1v) is 6.29. The number of hydrogen-bond donors (Lipinski definition) is 3. The van der Waals surface area contributed by atoms with E-state index >= 15 is 0 Å². The molecule has 6 heteroatoms. The van der Waals surface area contributed by atoms with Crippen LogP contribution < -0.4 is 14.8 Å². The number of rotatable bonds is 3. The fourth-order valence-electron chi connectivity index (χ4n) is 1.41. The van der Waals surface area contributed by atoms with E-state index in [1.54, 1.807) is 0 Å². The van der Waals surface area contributed by atoms with Crippen LogP contribution in [0.2, 0.25) is 0 Å². The molecule has 1 rings (SSSR count). The van der Waals surface area contributed by atoms with Crippen molar-refractivity contribution in [2.24, 2.45) is 0 Å². The highest BCUT2D eigenvalue weighted by Gasteiger charge is 2.24. The minimum Gasteiger partial charge on any atom is -0.315 e. The molecular formula is C8H19N3O2S. The van der Waals surface area contributed by atoms with Crippen LogP contribution in [0.5, 0.6) is 0 Å². The monoisotopic (exact) mass is 221 g/mol. The van der Waals surface area contributed by atoms with Gasteiger partial charge in [-0.1, -0.05) is 0 Å². The van der Waals surface area contributed by atoms with Gasteiger partial charge in [0.1, 0.15) is 0 Å². The number of nitrogens with one attached hydrogen (secondary N) is 3. The van der Waals surface area contributed by atoms with Crippen LogP contribution >= 0.6 is 0 Å². The lowest BCUT2D eigenvalue weighted by Crippen LogP contribution is -2.50. The third-order valence-electron chi connectivity index (χ3n) is 1.82. The zero-order valence-electron chi connectivity index (χ0n) is 8.92. The summed E-state index contributed by atoms with van der Waals surface area (Å²) in [7, 11) is -3.36. The highest BCUT2D eigenvalue weighted by atomic mass is 32.2. The first-order chi connectivity index (χ1) is 6.29. The Morgan fingerprint density at radius 2 is 2.00 bits per heavy atom. The molecule has 0 aromatic carbocycles. The van der Waals surface area contributed by atoms with Crippen molar-refractivity contribution < 1.29 is 8.42 Å². The second kappa shape index (κ2) is 4.14. The van der Waals surface area contributed by atoms with Crippen LogP contribution in [0.25, 0.3) is 0 Å². The maximum Gasteiger partial charge on any atom is 0.277 e. The van der Waals surface area contributed by atoms with E-state index in [9.17, 15) is 8.42 Å². The average Bonchev–Trinajstić information content (AvgIpc) is 2.31. The van der Waals surface area contributed by atoms with Crippen molar-refractivity contribution in [3.63, 3.8) is 0 Å². The normalized spacial score (nSPS) is 24.1. The molecule has 1 aliphatic heterocycles. The third kappa shape index (κ3) is 4.36. The lowest BCUT2D eigenvalue weighted by atomic mass is 10.1. The lowest BCUT2D eigenvalue weighted by Gasteiger charge is -2.22. The van der Waals surface area contributed by atoms with Gasteiger partial charge in [-0.25, -0.2) is 0 Å². The van der Waals surface area contributed by atoms with Gasteiger partial charge in [-0.3, -0.25) is 0 Å². The van der Waals surface area contributed by atoms with Gasteiger partial charge in [0.15, 0.2) is 0 Å². The highest BCUT2D eigenvalue weighted by Crippen LogP contribution is 2.03. The minimum absolute atomic E-state index is 0.0230. The molecule has 0 amide bonds. The molecule has 1 atom stereocenters. The molecule has 0 bridgehead atoms. The molecule has 1 fully saturated rings. The van der Waals surface area contributed by atoms with Crippen LogP contribution in [0.4, 0.5) is 0 Å². The predicted molar refractivity (Wildman–Crippen MR) is 56.2 cm³/mol. The molecule has 1 heterocycles. The van der Waals surface area contributed by atoms with E-state index in [1.807, 2.05) is 20.8 Å². The fraction of sp³-hybridized carbons (Fsp3) is 1.00. The van der Waals surface area contributed by atoms with Crippen LogP contribution in [0.15, 0.2) is 0 Å². The molecule has 84 valence electrons. The average molecular weight is 221 g/mol. The van der Waals surface area contributed by atoms with Crippen molar-refractivity contribution in [3.8, 4) is 0 Å². The summed E-state index contributed by atoms with van der Waals surface area (Å²) in [5.41, 5.74) is -0.433. The van der Waals surface area contributed by atoms with E-state index in [4.69, 9.17) is 0 Å². The summed E-state index contributed by atoms with van der Waals surface area (Å²) in [5.74, 6) is 0. The zero-order valence-corrected chi connectivity index (χ0v) is 9.74. The molecule has 14 heavy (non-hydrogen) atoms. The zero-order chi connectivity index (χ0) is 10.8. The van der Waals surface area contributed by atoms with E-state index < -0.39 is 15.7 Å². The molecule has 1 saturated heterocycles. The van der Waals surface area contributed by atoms with Crippen LogP contribution in [0.3, 0.4) is 0 Å². The van der Waals surface area contributed by atoms with Crippen LogP contribution in [-0.2, 0) is 10.2 Å². The molecule has 0 aliphatic carbocycles. The van der Waals surface area contributed by atoms with Crippen molar-refractivity contribution in [1.29, 1.82) is 0 Å². The Hall–Kier alpha value is -0.170. The Morgan fingerprint density at radius 1 is 1.36 bits per heavy atom. The number of hydrogen-bond acceptors (Lipinski definition) is 3. The molecule has 0 radical (unpaired) electrons. The third-order valence-corrected chi connectivity index (χ3v) is 3.35. The molecule has 0 aromatic rings. The topological polar surface area (TPSA) is 70.2 Å². The summed E-state index contributed by atoms with van der Waals surface area (Å²) in [5, 5.41) is 3.10. The Morgan fingerprint density at radius 3 is 2.43 bits per heavy atom. The lowest BCUT2D eigenvalue weighted by molar-refractivity contribution is 0.476. The van der Waals surface area contributed by atoms with Gasteiger partial charge in [-0.2, -0.15) is 17.9 Å². The van der Waals surface area contributed by atoms with Crippen molar-refractivity contribution in [2.75, 3.05) is 13.1 Å². The predicted octanol–water partition coefficient (Wildman–Crippen LogP) is -0.429. The van der Waals surface area contributed by atoms with E-state index in [0.717, 1.165) is 13.0 Å². The van der Waals surface area contributed by atoms with Crippen LogP contribution in [0.1, 0.15) is 27.2 Å². The summed E-state index contributed by atoms with van der Waals surface area (Å²) < 4.78 is 28.3. The van der Waals surface area contributed by atoms with Gasteiger partial charge < -0.3 is 5.32 Å². The molecule has 0 saturated carbocycles. The molecule has 3 N–H and O–H groups in total. The molecule has 1 aliphatic rings. The molecular weight excluding hydrogens is 202 g/mol. The van der Waals surface area contributed by atoms with Crippen molar-refractivity contribution in [2.45, 2.75) is 38.8 Å². The van der Waals surface area contributed by atoms with Gasteiger partial charge >= 0.3 is 0 Å². The van der Waals surface area contributed by atoms with E-state index in [1.165, 1.54) is 0 Å². The van der Waals surface area contributed by atoms with E-state index in [2.05, 4.69) is 14.8 Å². The van der Waals surface area contributed by atoms with Gasteiger partial charge in [0.2, 0.25) is 0 Å². The first-order valence-electron chi connectivity index (χ1n) is 4.80. The quantitative estimate of drug-likeness (QED) is 0.606. The second-order valence-electron chi connectivity index (χ2n) is 4.66.